The third-order valence-electron chi connectivity index (χ3n) is 5.00. The Labute approximate surface area is 164 Å². The number of amides is 1. The zero-order valence-electron chi connectivity index (χ0n) is 16.2. The van der Waals surface area contributed by atoms with E-state index in [9.17, 15) is 4.79 Å². The molecule has 0 N–H and O–H groups in total. The van der Waals surface area contributed by atoms with Crippen LogP contribution in [0.25, 0.3) is 22.0 Å². The van der Waals surface area contributed by atoms with Crippen molar-refractivity contribution in [3.63, 3.8) is 0 Å². The third-order valence-corrected chi connectivity index (χ3v) is 5.00. The number of aromatic nitrogens is 1. The number of ether oxygens (including phenoxy) is 2. The van der Waals surface area contributed by atoms with Crippen LogP contribution in [0.2, 0.25) is 0 Å². The number of rotatable bonds is 4. The minimum Gasteiger partial charge on any atom is -0.376 e. The molecule has 0 spiro atoms. The van der Waals surface area contributed by atoms with E-state index >= 15 is 0 Å². The Balaban J connectivity index is 1.55. The second-order valence-corrected chi connectivity index (χ2v) is 7.16. The van der Waals surface area contributed by atoms with Gasteiger partial charge >= 0.3 is 0 Å². The molecule has 1 aromatic heterocycles. The lowest BCUT2D eigenvalue weighted by molar-refractivity contribution is -0.0933. The van der Waals surface area contributed by atoms with Crippen LogP contribution in [0.1, 0.15) is 16.1 Å². The topological polar surface area (TPSA) is 51.7 Å². The van der Waals surface area contributed by atoms with Crippen molar-refractivity contribution < 1.29 is 14.3 Å². The molecule has 28 heavy (non-hydrogen) atoms. The molecule has 5 nitrogen and oxygen atoms in total. The van der Waals surface area contributed by atoms with Crippen molar-refractivity contribution in [2.45, 2.75) is 13.0 Å². The quantitative estimate of drug-likeness (QED) is 0.697. The molecular formula is C23H24N2O3. The number of pyridine rings is 1. The number of para-hydroxylation sites is 1. The van der Waals surface area contributed by atoms with E-state index in [4.69, 9.17) is 9.47 Å². The Hall–Kier alpha value is -2.76. The molecule has 1 unspecified atom stereocenters. The number of benzene rings is 2. The van der Waals surface area contributed by atoms with Crippen LogP contribution in [0.3, 0.4) is 0 Å². The highest BCUT2D eigenvalue weighted by atomic mass is 16.6. The summed E-state index contributed by atoms with van der Waals surface area (Å²) in [5, 5.41) is 1.11. The monoisotopic (exact) mass is 376 g/mol. The van der Waals surface area contributed by atoms with Gasteiger partial charge < -0.3 is 14.4 Å². The van der Waals surface area contributed by atoms with Crippen LogP contribution in [-0.2, 0) is 9.47 Å². The summed E-state index contributed by atoms with van der Waals surface area (Å²) in [6, 6.07) is 18.0. The van der Waals surface area contributed by atoms with E-state index in [1.54, 1.807) is 11.9 Å². The lowest BCUT2D eigenvalue weighted by Crippen LogP contribution is -2.40. The Kier molecular flexibility index (Phi) is 5.37. The van der Waals surface area contributed by atoms with E-state index in [-0.39, 0.29) is 12.0 Å². The van der Waals surface area contributed by atoms with Crippen LogP contribution in [-0.4, -0.2) is 55.3 Å². The fourth-order valence-electron chi connectivity index (χ4n) is 3.59. The molecule has 1 atom stereocenters. The van der Waals surface area contributed by atoms with Crippen molar-refractivity contribution in [2.24, 2.45) is 0 Å². The average molecular weight is 376 g/mol. The Morgan fingerprint density at radius 2 is 1.93 bits per heavy atom. The Bertz CT molecular complexity index is 979. The predicted molar refractivity (Wildman–Crippen MR) is 109 cm³/mol. The van der Waals surface area contributed by atoms with E-state index in [1.807, 2.05) is 49.4 Å². The van der Waals surface area contributed by atoms with Crippen LogP contribution in [0.5, 0.6) is 0 Å². The molecule has 1 saturated heterocycles. The number of nitrogens with zero attached hydrogens (tertiary/aromatic N) is 2. The van der Waals surface area contributed by atoms with Gasteiger partial charge in [0, 0.05) is 30.2 Å². The van der Waals surface area contributed by atoms with Crippen LogP contribution in [0.4, 0.5) is 0 Å². The van der Waals surface area contributed by atoms with E-state index in [0.717, 1.165) is 27.7 Å². The summed E-state index contributed by atoms with van der Waals surface area (Å²) in [7, 11) is 1.80. The zero-order valence-corrected chi connectivity index (χ0v) is 16.2. The van der Waals surface area contributed by atoms with Crippen LogP contribution >= 0.6 is 0 Å². The van der Waals surface area contributed by atoms with E-state index in [2.05, 4.69) is 17.1 Å². The van der Waals surface area contributed by atoms with Crippen molar-refractivity contribution in [1.29, 1.82) is 0 Å². The maximum atomic E-state index is 12.8. The smallest absolute Gasteiger partial charge is 0.253 e. The van der Waals surface area contributed by atoms with Crippen molar-refractivity contribution >= 4 is 16.8 Å². The second kappa shape index (κ2) is 8.09. The van der Waals surface area contributed by atoms with E-state index in [1.165, 1.54) is 0 Å². The number of hydrogen-bond donors (Lipinski definition) is 0. The minimum absolute atomic E-state index is 0.0171. The maximum absolute atomic E-state index is 12.8. The first-order chi connectivity index (χ1) is 13.6. The molecule has 3 aromatic rings. The molecule has 4 rings (SSSR count). The van der Waals surface area contributed by atoms with Gasteiger partial charge in [0.15, 0.2) is 0 Å². The summed E-state index contributed by atoms with van der Waals surface area (Å²) in [6.45, 7) is 4.26. The first-order valence-electron chi connectivity index (χ1n) is 9.53. The molecule has 0 aliphatic carbocycles. The fraction of sp³-hybridized carbons (Fsp3) is 0.304. The highest BCUT2D eigenvalue weighted by molar-refractivity contribution is 5.97. The minimum atomic E-state index is -0.0619. The van der Waals surface area contributed by atoms with Crippen molar-refractivity contribution in [2.75, 3.05) is 33.4 Å². The standard InChI is InChI=1S/C23H24N2O3/c1-16-13-21(20-5-3-4-6-22(20)24-16)17-7-9-18(10-8-17)23(26)25(2)14-19-15-27-11-12-28-19/h3-10,13,19H,11-12,14-15H2,1-2H3. The lowest BCUT2D eigenvalue weighted by Gasteiger charge is -2.27. The van der Waals surface area contributed by atoms with Crippen LogP contribution in [0.15, 0.2) is 54.6 Å². The number of carbonyl (C=O) groups excluding carboxylic acids is 1. The average Bonchev–Trinajstić information content (AvgIpc) is 2.73. The number of hydrogen-bond acceptors (Lipinski definition) is 4. The largest absolute Gasteiger partial charge is 0.376 e. The number of fused-ring (bicyclic) bond motifs is 1. The molecule has 144 valence electrons. The van der Waals surface area contributed by atoms with Gasteiger partial charge in [-0.05, 0) is 42.3 Å². The highest BCUT2D eigenvalue weighted by Crippen LogP contribution is 2.28. The second-order valence-electron chi connectivity index (χ2n) is 7.16. The number of aryl methyl sites for hydroxylation is 1. The van der Waals surface area contributed by atoms with Gasteiger partial charge in [0.2, 0.25) is 0 Å². The van der Waals surface area contributed by atoms with Crippen molar-refractivity contribution in [3.8, 4) is 11.1 Å². The molecule has 0 bridgehead atoms. The summed E-state index contributed by atoms with van der Waals surface area (Å²) in [6.07, 6.45) is -0.0619. The van der Waals surface area contributed by atoms with Crippen molar-refractivity contribution in [1.82, 2.24) is 9.88 Å². The van der Waals surface area contributed by atoms with Crippen LogP contribution in [0, 0.1) is 6.92 Å². The summed E-state index contributed by atoms with van der Waals surface area (Å²) >= 11 is 0. The number of carbonyl (C=O) groups is 1. The molecule has 2 heterocycles. The Morgan fingerprint density at radius 1 is 1.14 bits per heavy atom. The molecule has 1 amide bonds. The lowest BCUT2D eigenvalue weighted by atomic mass is 9.99. The molecule has 1 fully saturated rings. The molecule has 0 saturated carbocycles. The molecule has 1 aliphatic heterocycles. The van der Waals surface area contributed by atoms with Gasteiger partial charge in [-0.2, -0.15) is 0 Å². The zero-order chi connectivity index (χ0) is 19.5. The van der Waals surface area contributed by atoms with Gasteiger partial charge in [0.05, 0.1) is 31.4 Å². The van der Waals surface area contributed by atoms with Gasteiger partial charge in [-0.3, -0.25) is 9.78 Å². The predicted octanol–water partition coefficient (Wildman–Crippen LogP) is 3.70. The SMILES string of the molecule is Cc1cc(-c2ccc(C(=O)N(C)CC3COCCO3)cc2)c2ccccc2n1. The number of likely N-dealkylation sites (N-methyl/N-ethyl adjacent to an activating group) is 1. The van der Waals surface area contributed by atoms with Gasteiger partial charge in [-0.25, -0.2) is 0 Å². The first-order valence-corrected chi connectivity index (χ1v) is 9.53. The summed E-state index contributed by atoms with van der Waals surface area (Å²) in [4.78, 5) is 19.1. The molecular weight excluding hydrogens is 352 g/mol. The molecule has 0 radical (unpaired) electrons. The summed E-state index contributed by atoms with van der Waals surface area (Å²) in [5.74, 6) is -0.0171. The van der Waals surface area contributed by atoms with E-state index in [0.29, 0.717) is 31.9 Å². The Morgan fingerprint density at radius 3 is 2.68 bits per heavy atom. The van der Waals surface area contributed by atoms with E-state index < -0.39 is 0 Å². The maximum Gasteiger partial charge on any atom is 0.253 e. The van der Waals surface area contributed by atoms with Crippen molar-refractivity contribution in [3.05, 3.63) is 65.9 Å². The summed E-state index contributed by atoms with van der Waals surface area (Å²) in [5.41, 5.74) is 4.82. The third kappa shape index (κ3) is 3.91. The van der Waals surface area contributed by atoms with Crippen LogP contribution < -0.4 is 0 Å². The van der Waals surface area contributed by atoms with Gasteiger partial charge in [0.1, 0.15) is 0 Å². The summed E-state index contributed by atoms with van der Waals surface area (Å²) < 4.78 is 11.0. The fourth-order valence-corrected chi connectivity index (χ4v) is 3.59. The van der Waals surface area contributed by atoms with Gasteiger partial charge in [-0.15, -0.1) is 0 Å². The normalized spacial score (nSPS) is 16.9. The highest BCUT2D eigenvalue weighted by Gasteiger charge is 2.20. The first kappa shape index (κ1) is 18.6. The molecule has 1 aliphatic rings. The molecule has 5 heteroatoms. The van der Waals surface area contributed by atoms with Gasteiger partial charge in [-0.1, -0.05) is 30.3 Å². The van der Waals surface area contributed by atoms with Gasteiger partial charge in [0.25, 0.3) is 5.91 Å². The molecule has 2 aromatic carbocycles.